The van der Waals surface area contributed by atoms with E-state index in [1.807, 2.05) is 30.3 Å². The fraction of sp³-hybridized carbons (Fsp3) is 0.323. The van der Waals surface area contributed by atoms with Gasteiger partial charge in [-0.1, -0.05) is 56.3 Å². The first-order valence-electron chi connectivity index (χ1n) is 13.0. The van der Waals surface area contributed by atoms with Gasteiger partial charge in [0.25, 0.3) is 0 Å². The first-order chi connectivity index (χ1) is 18.0. The lowest BCUT2D eigenvalue weighted by Crippen LogP contribution is -2.62. The third-order valence-corrected chi connectivity index (χ3v) is 7.86. The van der Waals surface area contributed by atoms with Gasteiger partial charge in [0.05, 0.1) is 36.7 Å². The molecule has 2 fully saturated rings. The van der Waals surface area contributed by atoms with Gasteiger partial charge in [-0.25, -0.2) is 4.99 Å². The fourth-order valence-electron chi connectivity index (χ4n) is 5.12. The van der Waals surface area contributed by atoms with E-state index in [1.165, 1.54) is 0 Å². The number of nitrogens with one attached hydrogen (secondary N) is 1. The number of hydrogen-bond donors (Lipinski definition) is 1. The van der Waals surface area contributed by atoms with Crippen LogP contribution in [0.4, 0.5) is 5.69 Å². The van der Waals surface area contributed by atoms with Crippen molar-refractivity contribution in [1.29, 1.82) is 0 Å². The summed E-state index contributed by atoms with van der Waals surface area (Å²) >= 11 is 6.51. The molecule has 0 bridgehead atoms. The van der Waals surface area contributed by atoms with E-state index in [0.29, 0.717) is 12.0 Å². The topological polar surface area (TPSA) is 46.1 Å². The number of nitrogens with zero attached hydrogens (tertiary/aromatic N) is 2. The predicted octanol–water partition coefficient (Wildman–Crippen LogP) is 6.24. The van der Waals surface area contributed by atoms with Gasteiger partial charge in [-0.3, -0.25) is 4.90 Å². The van der Waals surface area contributed by atoms with Crippen molar-refractivity contribution in [2.24, 2.45) is 10.9 Å². The molecule has 5 nitrogen and oxygen atoms in total. The third kappa shape index (κ3) is 4.79. The van der Waals surface area contributed by atoms with Crippen LogP contribution in [0.3, 0.4) is 0 Å². The van der Waals surface area contributed by atoms with Gasteiger partial charge in [-0.05, 0) is 59.5 Å². The van der Waals surface area contributed by atoms with Crippen LogP contribution in [0.25, 0.3) is 5.70 Å². The monoisotopic (exact) mass is 513 g/mol. The Labute approximate surface area is 223 Å². The summed E-state index contributed by atoms with van der Waals surface area (Å²) in [6, 6.07) is 23.3. The first-order valence-corrected chi connectivity index (χ1v) is 13.4. The highest BCUT2D eigenvalue weighted by Crippen LogP contribution is 2.36. The predicted molar refractivity (Wildman–Crippen MR) is 150 cm³/mol. The number of halogens is 1. The normalized spacial score (nSPS) is 18.2. The number of fused-ring (bicyclic) bond motifs is 1. The van der Waals surface area contributed by atoms with Gasteiger partial charge in [0.15, 0.2) is 0 Å². The second kappa shape index (κ2) is 9.97. The van der Waals surface area contributed by atoms with Crippen LogP contribution < -0.4 is 10.1 Å². The summed E-state index contributed by atoms with van der Waals surface area (Å²) in [4.78, 5) is 7.19. The van der Waals surface area contributed by atoms with Gasteiger partial charge < -0.3 is 14.8 Å². The van der Waals surface area contributed by atoms with Crippen molar-refractivity contribution in [3.63, 3.8) is 0 Å². The lowest BCUT2D eigenvalue weighted by molar-refractivity contribution is -0.115. The Bertz CT molecular complexity index is 1340. The van der Waals surface area contributed by atoms with Crippen LogP contribution in [0.15, 0.2) is 78.3 Å². The average molecular weight is 514 g/mol. The quantitative estimate of drug-likeness (QED) is 0.288. The highest BCUT2D eigenvalue weighted by atomic mass is 35.5. The molecule has 3 aliphatic heterocycles. The molecule has 3 aliphatic rings. The molecule has 6 heteroatoms. The van der Waals surface area contributed by atoms with E-state index >= 15 is 0 Å². The molecule has 1 atom stereocenters. The van der Waals surface area contributed by atoms with Crippen LogP contribution in [-0.2, 0) is 4.74 Å². The Morgan fingerprint density at radius 3 is 2.51 bits per heavy atom. The molecule has 0 radical (unpaired) electrons. The van der Waals surface area contributed by atoms with Gasteiger partial charge in [-0.2, -0.15) is 0 Å². The summed E-state index contributed by atoms with van der Waals surface area (Å²) in [7, 11) is 0. The summed E-state index contributed by atoms with van der Waals surface area (Å²) in [5.74, 6) is 1.25. The molecule has 6 rings (SSSR count). The molecular weight excluding hydrogens is 482 g/mol. The van der Waals surface area contributed by atoms with Crippen LogP contribution in [0.1, 0.15) is 42.1 Å². The summed E-state index contributed by atoms with van der Waals surface area (Å²) in [6.07, 6.45) is 0.259. The van der Waals surface area contributed by atoms with Crippen LogP contribution >= 0.6 is 11.6 Å². The summed E-state index contributed by atoms with van der Waals surface area (Å²) < 4.78 is 11.4. The number of likely N-dealkylation sites (tertiary alicyclic amines) is 1. The van der Waals surface area contributed by atoms with E-state index < -0.39 is 0 Å². The SMILES string of the molecule is C=C(NC(c1ccccc1Cl)C(C)C)c1ccc2c(c1)C(c1ccc(OC3CN(C4COC4)C3)cc1)=N2. The lowest BCUT2D eigenvalue weighted by Gasteiger charge is -2.46. The van der Waals surface area contributed by atoms with Crippen molar-refractivity contribution < 1.29 is 9.47 Å². The van der Waals surface area contributed by atoms with Crippen molar-refractivity contribution >= 4 is 28.7 Å². The van der Waals surface area contributed by atoms with E-state index in [0.717, 1.165) is 76.4 Å². The molecule has 3 aromatic rings. The highest BCUT2D eigenvalue weighted by molar-refractivity contribution is 6.31. The molecular formula is C31H32ClN3O2. The zero-order valence-electron chi connectivity index (χ0n) is 21.3. The Morgan fingerprint density at radius 1 is 1.08 bits per heavy atom. The van der Waals surface area contributed by atoms with Crippen molar-refractivity contribution in [3.8, 4) is 5.75 Å². The minimum absolute atomic E-state index is 0.0674. The number of benzene rings is 3. The molecule has 0 saturated carbocycles. The minimum Gasteiger partial charge on any atom is -0.488 e. The van der Waals surface area contributed by atoms with Crippen LogP contribution in [0, 0.1) is 5.92 Å². The van der Waals surface area contributed by atoms with E-state index in [4.69, 9.17) is 26.1 Å². The molecule has 0 amide bonds. The summed E-state index contributed by atoms with van der Waals surface area (Å²) in [6.45, 7) is 12.4. The molecule has 3 heterocycles. The highest BCUT2D eigenvalue weighted by Gasteiger charge is 2.37. The smallest absolute Gasteiger partial charge is 0.124 e. The van der Waals surface area contributed by atoms with Gasteiger partial charge in [0, 0.05) is 34.9 Å². The second-order valence-corrected chi connectivity index (χ2v) is 10.9. The third-order valence-electron chi connectivity index (χ3n) is 7.51. The maximum atomic E-state index is 6.51. The van der Waals surface area contributed by atoms with Gasteiger partial charge in [-0.15, -0.1) is 0 Å². The molecule has 1 unspecified atom stereocenters. The number of aliphatic imine (C=N–C) groups is 1. The fourth-order valence-corrected chi connectivity index (χ4v) is 5.37. The van der Waals surface area contributed by atoms with Crippen molar-refractivity contribution in [2.75, 3.05) is 26.3 Å². The number of rotatable bonds is 9. The average Bonchev–Trinajstić information content (AvgIpc) is 2.82. The van der Waals surface area contributed by atoms with Crippen molar-refractivity contribution in [1.82, 2.24) is 10.2 Å². The van der Waals surface area contributed by atoms with Gasteiger partial charge >= 0.3 is 0 Å². The Kier molecular flexibility index (Phi) is 6.53. The van der Waals surface area contributed by atoms with Crippen LogP contribution in [0.2, 0.25) is 5.02 Å². The molecule has 190 valence electrons. The Hall–Kier alpha value is -3.12. The van der Waals surface area contributed by atoms with E-state index in [1.54, 1.807) is 0 Å². The lowest BCUT2D eigenvalue weighted by atomic mass is 9.92. The van der Waals surface area contributed by atoms with Gasteiger partial charge in [0.1, 0.15) is 11.9 Å². The van der Waals surface area contributed by atoms with E-state index in [-0.39, 0.29) is 12.1 Å². The Balaban J connectivity index is 1.11. The summed E-state index contributed by atoms with van der Waals surface area (Å²) in [5, 5.41) is 4.39. The zero-order valence-corrected chi connectivity index (χ0v) is 22.0. The summed E-state index contributed by atoms with van der Waals surface area (Å²) in [5.41, 5.74) is 7.25. The second-order valence-electron chi connectivity index (χ2n) is 10.5. The standard InChI is InChI=1S/C31H32ClN3O2/c1-19(2)30(26-6-4-5-7-28(26)32)33-20(3)22-10-13-29-27(14-22)31(34-29)21-8-11-24(12-9-21)37-25-15-35(16-25)23-17-36-18-23/h4-14,19,23,25,30,33H,3,15-18H2,1-2H3. The molecule has 3 aromatic carbocycles. The van der Waals surface area contributed by atoms with Crippen molar-refractivity contribution in [2.45, 2.75) is 32.0 Å². The maximum Gasteiger partial charge on any atom is 0.124 e. The van der Waals surface area contributed by atoms with Gasteiger partial charge in [0.2, 0.25) is 0 Å². The van der Waals surface area contributed by atoms with Crippen molar-refractivity contribution in [3.05, 3.63) is 101 Å². The van der Waals surface area contributed by atoms with Crippen LogP contribution in [-0.4, -0.2) is 49.1 Å². The van der Waals surface area contributed by atoms with E-state index in [2.05, 4.69) is 67.0 Å². The molecule has 1 N–H and O–H groups in total. The number of hydrogen-bond acceptors (Lipinski definition) is 5. The molecule has 0 aromatic heterocycles. The van der Waals surface area contributed by atoms with E-state index in [9.17, 15) is 0 Å². The molecule has 2 saturated heterocycles. The molecule has 37 heavy (non-hydrogen) atoms. The molecule has 0 spiro atoms. The maximum absolute atomic E-state index is 6.51. The largest absolute Gasteiger partial charge is 0.488 e. The minimum atomic E-state index is 0.0674. The first kappa shape index (κ1) is 24.2. The molecule has 0 aliphatic carbocycles. The Morgan fingerprint density at radius 2 is 1.84 bits per heavy atom. The number of ether oxygens (including phenoxy) is 2. The van der Waals surface area contributed by atoms with Crippen LogP contribution in [0.5, 0.6) is 5.75 Å². The zero-order chi connectivity index (χ0) is 25.5.